The Morgan fingerprint density at radius 3 is 2.57 bits per heavy atom. The summed E-state index contributed by atoms with van der Waals surface area (Å²) < 4.78 is 20.6. The number of rotatable bonds is 4. The summed E-state index contributed by atoms with van der Waals surface area (Å²) in [4.78, 5) is 24.1. The molecule has 3 heterocycles. The number of nitrogens with two attached hydrogens (primary N) is 2. The van der Waals surface area contributed by atoms with E-state index in [-0.39, 0.29) is 22.6 Å². The van der Waals surface area contributed by atoms with Gasteiger partial charge in [0.1, 0.15) is 40.9 Å². The molecule has 0 fully saturated rings. The Morgan fingerprint density at radius 1 is 1.05 bits per heavy atom. The number of para-hydroxylation sites is 1. The molecule has 0 bridgehead atoms. The SMILES string of the molecule is CC(c1oc2ccccc2c(=O)c1-c1cccc(F)c1)N1c2ncnc(N)c2[C@]1(N)c1ccc(O)cc1. The highest BCUT2D eigenvalue weighted by Crippen LogP contribution is 2.54. The Hall–Kier alpha value is -4.76. The second-order valence-electron chi connectivity index (χ2n) is 8.99. The van der Waals surface area contributed by atoms with Crippen LogP contribution in [0.25, 0.3) is 22.1 Å². The molecule has 0 spiro atoms. The topological polar surface area (TPSA) is 132 Å². The van der Waals surface area contributed by atoms with Crippen molar-refractivity contribution in [3.05, 3.63) is 112 Å². The van der Waals surface area contributed by atoms with Crippen LogP contribution >= 0.6 is 0 Å². The lowest BCUT2D eigenvalue weighted by atomic mass is 9.81. The Labute approximate surface area is 210 Å². The lowest BCUT2D eigenvalue weighted by molar-refractivity contribution is 0.360. The van der Waals surface area contributed by atoms with Crippen molar-refractivity contribution in [1.82, 2.24) is 9.97 Å². The molecule has 0 saturated heterocycles. The molecule has 1 aliphatic heterocycles. The van der Waals surface area contributed by atoms with Gasteiger partial charge in [0.25, 0.3) is 0 Å². The highest BCUT2D eigenvalue weighted by atomic mass is 19.1. The predicted molar refractivity (Wildman–Crippen MR) is 138 cm³/mol. The van der Waals surface area contributed by atoms with E-state index in [1.807, 2.05) is 6.92 Å². The summed E-state index contributed by atoms with van der Waals surface area (Å²) in [6.07, 6.45) is 1.34. The number of phenols is 1. The van der Waals surface area contributed by atoms with Crippen LogP contribution in [0.2, 0.25) is 0 Å². The van der Waals surface area contributed by atoms with Gasteiger partial charge in [0.2, 0.25) is 5.43 Å². The van der Waals surface area contributed by atoms with E-state index in [0.717, 1.165) is 0 Å². The van der Waals surface area contributed by atoms with Crippen molar-refractivity contribution < 1.29 is 13.9 Å². The van der Waals surface area contributed by atoms with Gasteiger partial charge in [-0.05, 0) is 54.4 Å². The molecule has 3 aromatic carbocycles. The standard InChI is InChI=1S/C28H22FN5O3/c1-15(34-27-23(26(30)32-14-33-27)28(34,31)17-9-11-19(35)12-10-17)25-22(16-5-4-6-18(29)13-16)24(36)20-7-2-3-8-21(20)37-25/h2-15,35H,31H2,1H3,(H2,30,32,33)/t15?,28-/m0/s1. The zero-order valence-corrected chi connectivity index (χ0v) is 19.7. The van der Waals surface area contributed by atoms with E-state index in [9.17, 15) is 14.3 Å². The maximum Gasteiger partial charge on any atom is 0.200 e. The van der Waals surface area contributed by atoms with Gasteiger partial charge in [0.15, 0.2) is 5.66 Å². The summed E-state index contributed by atoms with van der Waals surface area (Å²) in [5.41, 5.74) is 13.8. The molecule has 2 atom stereocenters. The first kappa shape index (κ1) is 22.7. The van der Waals surface area contributed by atoms with Gasteiger partial charge in [-0.2, -0.15) is 0 Å². The quantitative estimate of drug-likeness (QED) is 0.334. The molecule has 0 amide bonds. The van der Waals surface area contributed by atoms with Gasteiger partial charge in [-0.3, -0.25) is 4.79 Å². The first-order chi connectivity index (χ1) is 17.8. The first-order valence-corrected chi connectivity index (χ1v) is 11.6. The molecule has 5 aromatic rings. The minimum absolute atomic E-state index is 0.0812. The Balaban J connectivity index is 1.61. The summed E-state index contributed by atoms with van der Waals surface area (Å²) in [5.74, 6) is 0.602. The smallest absolute Gasteiger partial charge is 0.200 e. The van der Waals surface area contributed by atoms with Crippen LogP contribution in [0.1, 0.15) is 29.9 Å². The van der Waals surface area contributed by atoms with E-state index in [2.05, 4.69) is 9.97 Å². The van der Waals surface area contributed by atoms with E-state index < -0.39 is 17.5 Å². The zero-order chi connectivity index (χ0) is 25.9. The fourth-order valence-electron chi connectivity index (χ4n) is 5.15. The largest absolute Gasteiger partial charge is 0.508 e. The lowest BCUT2D eigenvalue weighted by Crippen LogP contribution is -2.63. The second-order valence-corrected chi connectivity index (χ2v) is 8.99. The van der Waals surface area contributed by atoms with Gasteiger partial charge in [-0.1, -0.05) is 36.4 Å². The van der Waals surface area contributed by atoms with Crippen molar-refractivity contribution in [3.8, 4) is 16.9 Å². The minimum atomic E-state index is -1.29. The molecule has 1 unspecified atom stereocenters. The number of nitrogen functional groups attached to an aromatic ring is 1. The van der Waals surface area contributed by atoms with Crippen LogP contribution in [-0.4, -0.2) is 15.1 Å². The van der Waals surface area contributed by atoms with Crippen molar-refractivity contribution in [2.24, 2.45) is 5.73 Å². The number of fused-ring (bicyclic) bond motifs is 2. The molecule has 0 saturated carbocycles. The van der Waals surface area contributed by atoms with Gasteiger partial charge in [-0.25, -0.2) is 14.4 Å². The average Bonchev–Trinajstić information content (AvgIpc) is 2.88. The monoisotopic (exact) mass is 495 g/mol. The molecule has 184 valence electrons. The summed E-state index contributed by atoms with van der Waals surface area (Å²) >= 11 is 0. The molecular weight excluding hydrogens is 473 g/mol. The van der Waals surface area contributed by atoms with Crippen LogP contribution in [0.4, 0.5) is 16.0 Å². The van der Waals surface area contributed by atoms with Crippen LogP contribution in [0.15, 0.2) is 88.3 Å². The second kappa shape index (κ2) is 8.14. The van der Waals surface area contributed by atoms with E-state index in [1.165, 1.54) is 30.6 Å². The van der Waals surface area contributed by atoms with E-state index in [4.69, 9.17) is 15.9 Å². The Bertz CT molecular complexity index is 1740. The predicted octanol–water partition coefficient (Wildman–Crippen LogP) is 4.42. The van der Waals surface area contributed by atoms with Gasteiger partial charge in [-0.15, -0.1) is 0 Å². The summed E-state index contributed by atoms with van der Waals surface area (Å²) in [6.45, 7) is 1.83. The maximum absolute atomic E-state index is 14.3. The molecule has 0 aliphatic carbocycles. The normalized spacial score (nSPS) is 17.3. The molecule has 5 N–H and O–H groups in total. The maximum atomic E-state index is 14.3. The number of aromatic hydroxyl groups is 1. The highest BCUT2D eigenvalue weighted by Gasteiger charge is 2.54. The van der Waals surface area contributed by atoms with Crippen molar-refractivity contribution >= 4 is 22.6 Å². The van der Waals surface area contributed by atoms with Gasteiger partial charge < -0.3 is 25.9 Å². The average molecular weight is 496 g/mol. The highest BCUT2D eigenvalue weighted by molar-refractivity contribution is 5.84. The fraction of sp³-hybridized carbons (Fsp3) is 0.107. The molecule has 0 radical (unpaired) electrons. The molecule has 8 nitrogen and oxygen atoms in total. The molecular formula is C28H22FN5O3. The number of nitrogens with zero attached hydrogens (tertiary/aromatic N) is 3. The van der Waals surface area contributed by atoms with Crippen molar-refractivity contribution in [2.75, 3.05) is 10.6 Å². The van der Waals surface area contributed by atoms with Gasteiger partial charge in [0.05, 0.1) is 22.6 Å². The van der Waals surface area contributed by atoms with Gasteiger partial charge in [0, 0.05) is 0 Å². The number of benzene rings is 3. The van der Waals surface area contributed by atoms with Crippen LogP contribution in [0.5, 0.6) is 5.75 Å². The Morgan fingerprint density at radius 2 is 1.81 bits per heavy atom. The van der Waals surface area contributed by atoms with E-state index in [0.29, 0.717) is 39.2 Å². The zero-order valence-electron chi connectivity index (χ0n) is 19.7. The fourth-order valence-corrected chi connectivity index (χ4v) is 5.15. The van der Waals surface area contributed by atoms with E-state index in [1.54, 1.807) is 53.4 Å². The van der Waals surface area contributed by atoms with Crippen LogP contribution in [-0.2, 0) is 5.66 Å². The Kier molecular flexibility index (Phi) is 4.99. The van der Waals surface area contributed by atoms with Crippen molar-refractivity contribution in [1.29, 1.82) is 0 Å². The van der Waals surface area contributed by atoms with Crippen molar-refractivity contribution in [2.45, 2.75) is 18.6 Å². The number of phenolic OH excluding ortho intramolecular Hbond substituents is 1. The molecule has 2 aromatic heterocycles. The third-order valence-electron chi connectivity index (χ3n) is 6.86. The first-order valence-electron chi connectivity index (χ1n) is 11.6. The van der Waals surface area contributed by atoms with Crippen LogP contribution in [0, 0.1) is 5.82 Å². The molecule has 9 heteroatoms. The summed E-state index contributed by atoms with van der Waals surface area (Å²) in [6, 6.07) is 18.5. The molecule has 1 aliphatic rings. The number of hydrogen-bond donors (Lipinski definition) is 3. The number of hydrogen-bond acceptors (Lipinski definition) is 8. The minimum Gasteiger partial charge on any atom is -0.508 e. The van der Waals surface area contributed by atoms with Crippen LogP contribution in [0.3, 0.4) is 0 Å². The van der Waals surface area contributed by atoms with E-state index >= 15 is 0 Å². The summed E-state index contributed by atoms with van der Waals surface area (Å²) in [5, 5.41) is 10.2. The molecule has 37 heavy (non-hydrogen) atoms. The number of aromatic nitrogens is 2. The molecule has 6 rings (SSSR count). The van der Waals surface area contributed by atoms with Gasteiger partial charge >= 0.3 is 0 Å². The number of anilines is 2. The number of halogens is 1. The third kappa shape index (κ3) is 3.28. The third-order valence-corrected chi connectivity index (χ3v) is 6.86. The van der Waals surface area contributed by atoms with Crippen LogP contribution < -0.4 is 21.8 Å². The summed E-state index contributed by atoms with van der Waals surface area (Å²) in [7, 11) is 0. The lowest BCUT2D eigenvalue weighted by Gasteiger charge is -2.54. The van der Waals surface area contributed by atoms with Crippen molar-refractivity contribution in [3.63, 3.8) is 0 Å².